The summed E-state index contributed by atoms with van der Waals surface area (Å²) in [5.74, 6) is 1.96. The van der Waals surface area contributed by atoms with E-state index in [9.17, 15) is 0 Å². The number of aromatic nitrogens is 4. The molecule has 8 aromatic carbocycles. The van der Waals surface area contributed by atoms with E-state index >= 15 is 0 Å². The van der Waals surface area contributed by atoms with Crippen molar-refractivity contribution in [3.8, 4) is 67.7 Å². The zero-order valence-electron chi connectivity index (χ0n) is 33.0. The third-order valence-corrected chi connectivity index (χ3v) is 13.4. The van der Waals surface area contributed by atoms with Crippen molar-refractivity contribution in [3.63, 3.8) is 0 Å². The lowest BCUT2D eigenvalue weighted by atomic mass is 9.82. The monoisotopic (exact) mass is 784 g/mol. The van der Waals surface area contributed by atoms with E-state index in [0.717, 1.165) is 49.3 Å². The molecule has 0 saturated carbocycles. The molecule has 0 bridgehead atoms. The van der Waals surface area contributed by atoms with Gasteiger partial charge in [-0.15, -0.1) is 11.3 Å². The maximum atomic E-state index is 5.40. The van der Waals surface area contributed by atoms with E-state index < -0.39 is 0 Å². The fraction of sp³-hybridized carbons (Fsp3) is 0.0545. The highest BCUT2D eigenvalue weighted by atomic mass is 32.1. The van der Waals surface area contributed by atoms with E-state index in [0.29, 0.717) is 17.5 Å². The zero-order valence-corrected chi connectivity index (χ0v) is 33.8. The van der Waals surface area contributed by atoms with Gasteiger partial charge in [0.2, 0.25) is 0 Å². The molecule has 3 aromatic heterocycles. The second-order valence-corrected chi connectivity index (χ2v) is 17.2. The molecule has 0 saturated heterocycles. The molecule has 0 radical (unpaired) electrons. The zero-order chi connectivity index (χ0) is 40.0. The maximum absolute atomic E-state index is 5.40. The molecule has 0 atom stereocenters. The molecule has 1 aliphatic rings. The van der Waals surface area contributed by atoms with E-state index in [-0.39, 0.29) is 5.41 Å². The van der Waals surface area contributed by atoms with Crippen LogP contribution in [0.1, 0.15) is 25.0 Å². The first-order valence-electron chi connectivity index (χ1n) is 20.4. The van der Waals surface area contributed by atoms with Gasteiger partial charge in [0.05, 0.1) is 5.69 Å². The van der Waals surface area contributed by atoms with Crippen molar-refractivity contribution in [2.75, 3.05) is 0 Å². The van der Waals surface area contributed by atoms with Crippen molar-refractivity contribution >= 4 is 53.2 Å². The van der Waals surface area contributed by atoms with Gasteiger partial charge in [-0.1, -0.05) is 184 Å². The van der Waals surface area contributed by atoms with Crippen molar-refractivity contribution < 1.29 is 0 Å². The summed E-state index contributed by atoms with van der Waals surface area (Å²) in [6, 6.07) is 64.8. The number of nitrogens with zero attached hydrogens (tertiary/aromatic N) is 4. The summed E-state index contributed by atoms with van der Waals surface area (Å²) in [5, 5.41) is 7.25. The summed E-state index contributed by atoms with van der Waals surface area (Å²) in [4.78, 5) is 21.8. The van der Waals surface area contributed by atoms with Crippen LogP contribution < -0.4 is 0 Å². The van der Waals surface area contributed by atoms with E-state index in [2.05, 4.69) is 178 Å². The van der Waals surface area contributed by atoms with Crippen molar-refractivity contribution in [1.29, 1.82) is 0 Å². The third kappa shape index (κ3) is 5.36. The van der Waals surface area contributed by atoms with Gasteiger partial charge in [0.1, 0.15) is 4.83 Å². The number of thiophene rings is 1. The van der Waals surface area contributed by atoms with Crippen LogP contribution in [-0.4, -0.2) is 19.9 Å². The van der Waals surface area contributed by atoms with Crippen LogP contribution in [0.4, 0.5) is 0 Å². The first-order valence-corrected chi connectivity index (χ1v) is 21.2. The molecule has 5 heteroatoms. The van der Waals surface area contributed by atoms with Crippen molar-refractivity contribution in [3.05, 3.63) is 193 Å². The number of hydrogen-bond donors (Lipinski definition) is 0. The van der Waals surface area contributed by atoms with Crippen LogP contribution in [0.15, 0.2) is 182 Å². The molecular formula is C55H36N4S. The summed E-state index contributed by atoms with van der Waals surface area (Å²) >= 11 is 1.77. The molecule has 0 fully saturated rings. The second kappa shape index (κ2) is 13.3. The molecule has 0 aliphatic heterocycles. The Hall–Kier alpha value is -7.34. The van der Waals surface area contributed by atoms with Gasteiger partial charge in [0.25, 0.3) is 0 Å². The van der Waals surface area contributed by atoms with Crippen LogP contribution in [0.25, 0.3) is 110 Å². The first kappa shape index (κ1) is 34.7. The summed E-state index contributed by atoms with van der Waals surface area (Å²) in [5.41, 5.74) is 12.4. The molecule has 282 valence electrons. The molecule has 11 aromatic rings. The molecule has 1 aliphatic carbocycles. The number of hydrogen-bond acceptors (Lipinski definition) is 5. The molecule has 0 unspecified atom stereocenters. The quantitative estimate of drug-likeness (QED) is 0.174. The summed E-state index contributed by atoms with van der Waals surface area (Å²) in [6.07, 6.45) is 0. The maximum Gasteiger partial charge on any atom is 0.164 e. The minimum atomic E-state index is -0.130. The highest BCUT2D eigenvalue weighted by Gasteiger charge is 2.35. The number of pyridine rings is 1. The normalized spacial score (nSPS) is 13.0. The van der Waals surface area contributed by atoms with Crippen molar-refractivity contribution in [2.45, 2.75) is 19.3 Å². The van der Waals surface area contributed by atoms with Crippen molar-refractivity contribution in [2.24, 2.45) is 0 Å². The lowest BCUT2D eigenvalue weighted by molar-refractivity contribution is 0.660. The van der Waals surface area contributed by atoms with E-state index in [1.807, 2.05) is 18.2 Å². The molecule has 0 amide bonds. The molecular weight excluding hydrogens is 749 g/mol. The van der Waals surface area contributed by atoms with Gasteiger partial charge in [-0.05, 0) is 61.7 Å². The number of fused-ring (bicyclic) bond motifs is 9. The number of benzene rings is 8. The van der Waals surface area contributed by atoms with Crippen LogP contribution in [-0.2, 0) is 5.41 Å². The van der Waals surface area contributed by atoms with Gasteiger partial charge < -0.3 is 0 Å². The summed E-state index contributed by atoms with van der Waals surface area (Å²) in [7, 11) is 0. The Morgan fingerprint density at radius 3 is 1.65 bits per heavy atom. The minimum Gasteiger partial charge on any atom is -0.236 e. The third-order valence-electron chi connectivity index (χ3n) is 12.4. The van der Waals surface area contributed by atoms with Crippen LogP contribution in [0.3, 0.4) is 0 Å². The Morgan fingerprint density at radius 1 is 0.367 bits per heavy atom. The molecule has 0 spiro atoms. The Kier molecular flexibility index (Phi) is 7.72. The molecule has 3 heterocycles. The molecule has 4 nitrogen and oxygen atoms in total. The topological polar surface area (TPSA) is 51.6 Å². The van der Waals surface area contributed by atoms with Crippen LogP contribution in [0.5, 0.6) is 0 Å². The molecule has 60 heavy (non-hydrogen) atoms. The Labute approximate surface area is 351 Å². The van der Waals surface area contributed by atoms with Crippen LogP contribution >= 0.6 is 11.3 Å². The summed E-state index contributed by atoms with van der Waals surface area (Å²) < 4.78 is 1.26. The predicted octanol–water partition coefficient (Wildman–Crippen LogP) is 14.6. The average molecular weight is 785 g/mol. The van der Waals surface area contributed by atoms with Crippen molar-refractivity contribution in [1.82, 2.24) is 19.9 Å². The van der Waals surface area contributed by atoms with Gasteiger partial charge in [-0.3, -0.25) is 0 Å². The summed E-state index contributed by atoms with van der Waals surface area (Å²) in [6.45, 7) is 4.61. The lowest BCUT2D eigenvalue weighted by Crippen LogP contribution is -2.15. The minimum absolute atomic E-state index is 0.130. The fourth-order valence-electron chi connectivity index (χ4n) is 9.40. The SMILES string of the molecule is CC1(C)c2ccccc2-c2ccc(-c3nc(-c4ccccc4)nc(-c4ccc(-c5ccc(-c6nc7sc8ccccc8c7c7ccccc67)c6ccccc56)cc4)n3)cc21. The number of rotatable bonds is 5. The van der Waals surface area contributed by atoms with Crippen LogP contribution in [0, 0.1) is 0 Å². The fourth-order valence-corrected chi connectivity index (χ4v) is 10.5. The van der Waals surface area contributed by atoms with Gasteiger partial charge in [0.15, 0.2) is 17.5 Å². The second-order valence-electron chi connectivity index (χ2n) is 16.2. The smallest absolute Gasteiger partial charge is 0.164 e. The standard InChI is InChI=1S/C55H36N4S/c1-55(2)46-22-12-10-18-40(46)41-29-28-36(32-47(41)55)53-58-51(34-14-4-3-5-15-34)57-52(59-53)35-26-24-33(25-27-35)37-30-31-44(39-17-7-6-16-38(37)39)50-43-20-9-8-19-42(43)49-45-21-11-13-23-48(45)60-54(49)56-50/h3-32H,1-2H3. The highest BCUT2D eigenvalue weighted by Crippen LogP contribution is 2.49. The van der Waals surface area contributed by atoms with E-state index in [1.54, 1.807) is 11.3 Å². The van der Waals surface area contributed by atoms with Gasteiger partial charge in [0, 0.05) is 48.5 Å². The Balaban J connectivity index is 0.955. The first-order chi connectivity index (χ1) is 29.5. The van der Waals surface area contributed by atoms with E-state index in [1.165, 1.54) is 53.9 Å². The average Bonchev–Trinajstić information content (AvgIpc) is 3.80. The van der Waals surface area contributed by atoms with Gasteiger partial charge in [-0.2, -0.15) is 0 Å². The van der Waals surface area contributed by atoms with Crippen LogP contribution in [0.2, 0.25) is 0 Å². The Morgan fingerprint density at radius 2 is 0.883 bits per heavy atom. The lowest BCUT2D eigenvalue weighted by Gasteiger charge is -2.21. The van der Waals surface area contributed by atoms with Gasteiger partial charge >= 0.3 is 0 Å². The Bertz CT molecular complexity index is 3510. The molecule has 0 N–H and O–H groups in total. The van der Waals surface area contributed by atoms with E-state index in [4.69, 9.17) is 19.9 Å². The largest absolute Gasteiger partial charge is 0.236 e. The predicted molar refractivity (Wildman–Crippen MR) is 250 cm³/mol. The highest BCUT2D eigenvalue weighted by molar-refractivity contribution is 7.25. The van der Waals surface area contributed by atoms with Gasteiger partial charge in [-0.25, -0.2) is 19.9 Å². The molecule has 12 rings (SSSR count).